The summed E-state index contributed by atoms with van der Waals surface area (Å²) in [6.45, 7) is 3.45. The minimum absolute atomic E-state index is 0. The summed E-state index contributed by atoms with van der Waals surface area (Å²) in [5, 5.41) is 0.607. The van der Waals surface area contributed by atoms with Gasteiger partial charge in [-0.2, -0.15) is 0 Å². The van der Waals surface area contributed by atoms with Crippen molar-refractivity contribution in [3.8, 4) is 11.3 Å². The van der Waals surface area contributed by atoms with Crippen molar-refractivity contribution in [2.24, 2.45) is 11.7 Å². The molecule has 1 aliphatic rings. The van der Waals surface area contributed by atoms with Crippen molar-refractivity contribution in [2.75, 3.05) is 13.1 Å². The van der Waals surface area contributed by atoms with E-state index in [1.54, 1.807) is 18.2 Å². The first-order valence-electron chi connectivity index (χ1n) is 7.96. The largest absolute Gasteiger partial charge is 0.451 e. The van der Waals surface area contributed by atoms with E-state index >= 15 is 0 Å². The van der Waals surface area contributed by atoms with E-state index in [0.29, 0.717) is 29.0 Å². The SMILES string of the molecule is CC(N)C1CCCN(C(=O)c2ccc(-c3ccccc3Cl)o2)C1.Cl. The van der Waals surface area contributed by atoms with Gasteiger partial charge < -0.3 is 15.1 Å². The van der Waals surface area contributed by atoms with Crippen LogP contribution in [0.4, 0.5) is 0 Å². The fourth-order valence-corrected chi connectivity index (χ4v) is 3.27. The molecular formula is C18H22Cl2N2O2. The number of piperidine rings is 1. The topological polar surface area (TPSA) is 59.5 Å². The van der Waals surface area contributed by atoms with Crippen LogP contribution in [0.15, 0.2) is 40.8 Å². The van der Waals surface area contributed by atoms with Crippen LogP contribution in [0.25, 0.3) is 11.3 Å². The number of hydrogen-bond acceptors (Lipinski definition) is 3. The Hall–Kier alpha value is -1.49. The highest BCUT2D eigenvalue weighted by Crippen LogP contribution is 2.30. The van der Waals surface area contributed by atoms with E-state index in [1.165, 1.54) is 0 Å². The number of hydrogen-bond donors (Lipinski definition) is 1. The molecule has 1 aliphatic heterocycles. The molecule has 2 atom stereocenters. The number of likely N-dealkylation sites (tertiary alicyclic amines) is 1. The van der Waals surface area contributed by atoms with Gasteiger partial charge in [-0.3, -0.25) is 4.79 Å². The Kier molecular flexibility index (Phi) is 6.33. The number of furan rings is 1. The van der Waals surface area contributed by atoms with Crippen molar-refractivity contribution >= 4 is 29.9 Å². The lowest BCUT2D eigenvalue weighted by atomic mass is 9.92. The summed E-state index contributed by atoms with van der Waals surface area (Å²) in [6.07, 6.45) is 2.06. The van der Waals surface area contributed by atoms with Crippen LogP contribution in [-0.2, 0) is 0 Å². The Labute approximate surface area is 153 Å². The monoisotopic (exact) mass is 368 g/mol. The maximum absolute atomic E-state index is 12.7. The van der Waals surface area contributed by atoms with E-state index in [9.17, 15) is 4.79 Å². The van der Waals surface area contributed by atoms with Gasteiger partial charge in [0, 0.05) is 24.7 Å². The first-order valence-corrected chi connectivity index (χ1v) is 8.33. The first-order chi connectivity index (χ1) is 11.1. The predicted molar refractivity (Wildman–Crippen MR) is 98.7 cm³/mol. The van der Waals surface area contributed by atoms with E-state index in [0.717, 1.165) is 24.9 Å². The lowest BCUT2D eigenvalue weighted by molar-refractivity contribution is 0.0630. The Bertz CT molecular complexity index is 700. The van der Waals surface area contributed by atoms with E-state index in [1.807, 2.05) is 30.0 Å². The molecule has 1 aromatic heterocycles. The van der Waals surface area contributed by atoms with E-state index in [4.69, 9.17) is 21.8 Å². The number of carbonyl (C=O) groups excluding carboxylic acids is 1. The lowest BCUT2D eigenvalue weighted by Crippen LogP contribution is -2.44. The maximum atomic E-state index is 12.7. The molecule has 0 radical (unpaired) electrons. The number of nitrogens with two attached hydrogens (primary N) is 1. The molecule has 2 heterocycles. The predicted octanol–water partition coefficient (Wildman–Crippen LogP) is 4.22. The molecule has 0 bridgehead atoms. The van der Waals surface area contributed by atoms with Crippen LogP contribution in [0.3, 0.4) is 0 Å². The second-order valence-corrected chi connectivity index (χ2v) is 6.56. The smallest absolute Gasteiger partial charge is 0.289 e. The summed E-state index contributed by atoms with van der Waals surface area (Å²) >= 11 is 6.18. The second-order valence-electron chi connectivity index (χ2n) is 6.16. The van der Waals surface area contributed by atoms with Crippen LogP contribution in [0.1, 0.15) is 30.3 Å². The Balaban J connectivity index is 0.00000208. The standard InChI is InChI=1S/C18H21ClN2O2.ClH/c1-12(20)13-5-4-10-21(11-13)18(22)17-9-8-16(23-17)14-6-2-3-7-15(14)19;/h2-3,6-9,12-13H,4-5,10-11,20H2,1H3;1H. The van der Waals surface area contributed by atoms with Crippen LogP contribution in [0, 0.1) is 5.92 Å². The van der Waals surface area contributed by atoms with Gasteiger partial charge in [0.2, 0.25) is 0 Å². The zero-order chi connectivity index (χ0) is 16.4. The summed E-state index contributed by atoms with van der Waals surface area (Å²) in [5.74, 6) is 1.24. The quantitative estimate of drug-likeness (QED) is 0.881. The lowest BCUT2D eigenvalue weighted by Gasteiger charge is -2.34. The maximum Gasteiger partial charge on any atom is 0.289 e. The highest BCUT2D eigenvalue weighted by molar-refractivity contribution is 6.33. The molecule has 2 unspecified atom stereocenters. The number of amides is 1. The molecule has 1 fully saturated rings. The third-order valence-electron chi connectivity index (χ3n) is 4.44. The molecule has 24 heavy (non-hydrogen) atoms. The average Bonchev–Trinajstić information content (AvgIpc) is 3.04. The summed E-state index contributed by atoms with van der Waals surface area (Å²) in [6, 6.07) is 11.0. The van der Waals surface area contributed by atoms with Gasteiger partial charge in [-0.15, -0.1) is 12.4 Å². The molecule has 2 N–H and O–H groups in total. The van der Waals surface area contributed by atoms with E-state index < -0.39 is 0 Å². The van der Waals surface area contributed by atoms with Gasteiger partial charge in [-0.25, -0.2) is 0 Å². The van der Waals surface area contributed by atoms with E-state index in [2.05, 4.69) is 0 Å². The van der Waals surface area contributed by atoms with Crippen LogP contribution in [0.5, 0.6) is 0 Å². The van der Waals surface area contributed by atoms with Crippen LogP contribution in [-0.4, -0.2) is 29.9 Å². The summed E-state index contributed by atoms with van der Waals surface area (Å²) in [7, 11) is 0. The number of halogens is 2. The average molecular weight is 369 g/mol. The van der Waals surface area contributed by atoms with Crippen molar-refractivity contribution in [2.45, 2.75) is 25.8 Å². The zero-order valence-electron chi connectivity index (χ0n) is 13.6. The minimum Gasteiger partial charge on any atom is -0.451 e. The number of rotatable bonds is 3. The summed E-state index contributed by atoms with van der Waals surface area (Å²) in [5.41, 5.74) is 6.78. The summed E-state index contributed by atoms with van der Waals surface area (Å²) < 4.78 is 5.75. The Morgan fingerprint density at radius 3 is 2.79 bits per heavy atom. The molecule has 1 saturated heterocycles. The molecule has 130 valence electrons. The zero-order valence-corrected chi connectivity index (χ0v) is 15.1. The van der Waals surface area contributed by atoms with Crippen LogP contribution >= 0.6 is 24.0 Å². The van der Waals surface area contributed by atoms with Crippen LogP contribution < -0.4 is 5.73 Å². The Morgan fingerprint density at radius 1 is 1.33 bits per heavy atom. The van der Waals surface area contributed by atoms with Gasteiger partial charge >= 0.3 is 0 Å². The molecule has 2 aromatic rings. The molecule has 0 aliphatic carbocycles. The van der Waals surface area contributed by atoms with Gasteiger partial charge in [0.1, 0.15) is 5.76 Å². The van der Waals surface area contributed by atoms with Gasteiger partial charge in [-0.1, -0.05) is 23.7 Å². The molecule has 0 spiro atoms. The highest BCUT2D eigenvalue weighted by Gasteiger charge is 2.28. The number of nitrogens with zero attached hydrogens (tertiary/aromatic N) is 1. The van der Waals surface area contributed by atoms with Crippen LogP contribution in [0.2, 0.25) is 5.02 Å². The third kappa shape index (κ3) is 3.94. The molecule has 1 aromatic carbocycles. The molecule has 3 rings (SSSR count). The molecule has 1 amide bonds. The van der Waals surface area contributed by atoms with Gasteiger partial charge in [0.05, 0.1) is 5.02 Å². The first kappa shape index (κ1) is 18.8. The minimum atomic E-state index is -0.0753. The Morgan fingerprint density at radius 2 is 2.08 bits per heavy atom. The van der Waals surface area contributed by atoms with Crippen molar-refractivity contribution in [1.29, 1.82) is 0 Å². The van der Waals surface area contributed by atoms with E-state index in [-0.39, 0.29) is 24.4 Å². The van der Waals surface area contributed by atoms with Crippen molar-refractivity contribution in [3.63, 3.8) is 0 Å². The molecule has 6 heteroatoms. The fourth-order valence-electron chi connectivity index (χ4n) is 3.04. The normalized spacial score (nSPS) is 18.8. The second kappa shape index (κ2) is 8.06. The molecule has 4 nitrogen and oxygen atoms in total. The highest BCUT2D eigenvalue weighted by atomic mass is 35.5. The van der Waals surface area contributed by atoms with Crippen molar-refractivity contribution < 1.29 is 9.21 Å². The van der Waals surface area contributed by atoms with Crippen molar-refractivity contribution in [3.05, 3.63) is 47.2 Å². The fraction of sp³-hybridized carbons (Fsp3) is 0.389. The van der Waals surface area contributed by atoms with Gasteiger partial charge in [0.25, 0.3) is 5.91 Å². The number of carbonyl (C=O) groups is 1. The molecule has 0 saturated carbocycles. The van der Waals surface area contributed by atoms with Crippen molar-refractivity contribution in [1.82, 2.24) is 4.90 Å². The third-order valence-corrected chi connectivity index (χ3v) is 4.77. The van der Waals surface area contributed by atoms with Gasteiger partial charge in [0.15, 0.2) is 5.76 Å². The van der Waals surface area contributed by atoms with Gasteiger partial charge in [-0.05, 0) is 49.9 Å². The number of benzene rings is 1. The molecular weight excluding hydrogens is 347 g/mol. The summed E-state index contributed by atoms with van der Waals surface area (Å²) in [4.78, 5) is 14.5.